The summed E-state index contributed by atoms with van der Waals surface area (Å²) in [6, 6.07) is 23.3. The Morgan fingerprint density at radius 2 is 1.54 bits per heavy atom. The van der Waals surface area contributed by atoms with Crippen molar-refractivity contribution in [1.82, 2.24) is 4.57 Å². The number of unbranched alkanes of at least 4 members (excludes halogenated alkanes) is 1. The number of fused-ring (bicyclic) bond motifs is 1. The molecule has 0 saturated carbocycles. The van der Waals surface area contributed by atoms with E-state index in [0.29, 0.717) is 13.2 Å². The van der Waals surface area contributed by atoms with Gasteiger partial charge in [0.25, 0.3) is 0 Å². The Morgan fingerprint density at radius 3 is 2.18 bits per heavy atom. The molecule has 1 aromatic heterocycles. The van der Waals surface area contributed by atoms with Crippen molar-refractivity contribution in [2.45, 2.75) is 36.5 Å². The summed E-state index contributed by atoms with van der Waals surface area (Å²) in [5.74, 6) is -0.212. The van der Waals surface area contributed by atoms with Crippen molar-refractivity contribution in [3.05, 3.63) is 90.1 Å². The van der Waals surface area contributed by atoms with Crippen molar-refractivity contribution in [2.24, 2.45) is 0 Å². The fraction of sp³-hybridized carbons (Fsp3) is 0.226. The van der Waals surface area contributed by atoms with Crippen LogP contribution in [-0.2, 0) is 16.1 Å². The maximum Gasteiger partial charge on any atom is 0.323 e. The van der Waals surface area contributed by atoms with Gasteiger partial charge in [0.05, 0.1) is 18.7 Å². The first-order valence-electron chi connectivity index (χ1n) is 12.7. The fourth-order valence-electron chi connectivity index (χ4n) is 4.06. The van der Waals surface area contributed by atoms with E-state index in [9.17, 15) is 19.8 Å². The molecule has 0 radical (unpaired) electrons. The minimum absolute atomic E-state index is 0.215. The highest BCUT2D eigenvalue weighted by Gasteiger charge is 2.18. The molecule has 2 N–H and O–H groups in total. The van der Waals surface area contributed by atoms with E-state index in [1.54, 1.807) is 17.7 Å². The highest BCUT2D eigenvalue weighted by molar-refractivity contribution is 8.00. The van der Waals surface area contributed by atoms with Gasteiger partial charge in [-0.1, -0.05) is 60.7 Å². The van der Waals surface area contributed by atoms with Gasteiger partial charge in [-0.15, -0.1) is 11.8 Å². The van der Waals surface area contributed by atoms with E-state index in [-0.39, 0.29) is 6.54 Å². The Hall–Kier alpha value is -4.17. The molecule has 1 heterocycles. The summed E-state index contributed by atoms with van der Waals surface area (Å²) in [5.41, 5.74) is 2.58. The van der Waals surface area contributed by atoms with Crippen molar-refractivity contribution in [1.29, 1.82) is 0 Å². The highest BCUT2D eigenvalue weighted by Crippen LogP contribution is 2.35. The third kappa shape index (κ3) is 7.91. The molecule has 0 spiro atoms. The number of hydrogen-bond donors (Lipinski definition) is 2. The quantitative estimate of drug-likeness (QED) is 0.103. The molecule has 8 heteroatoms. The number of nitrogens with zero attached hydrogens (tertiary/aromatic N) is 1. The van der Waals surface area contributed by atoms with Crippen LogP contribution >= 0.6 is 11.8 Å². The topological polar surface area (TPSA) is 98.0 Å². The lowest BCUT2D eigenvalue weighted by Gasteiger charge is -2.08. The van der Waals surface area contributed by atoms with Gasteiger partial charge >= 0.3 is 11.9 Å². The van der Waals surface area contributed by atoms with E-state index < -0.39 is 17.2 Å². The monoisotopic (exact) mass is 545 g/mol. The van der Waals surface area contributed by atoms with Crippen LogP contribution in [0.2, 0.25) is 0 Å². The van der Waals surface area contributed by atoms with Crippen LogP contribution in [0.4, 0.5) is 0 Å². The van der Waals surface area contributed by atoms with Crippen LogP contribution in [0.3, 0.4) is 0 Å². The van der Waals surface area contributed by atoms with E-state index in [1.165, 1.54) is 11.8 Å². The number of carboxylic acid groups (broad SMARTS) is 2. The molecule has 1 unspecified atom stereocenters. The van der Waals surface area contributed by atoms with Gasteiger partial charge in [0, 0.05) is 16.5 Å². The minimum atomic E-state index is -0.965. The number of carboxylic acids is 2. The van der Waals surface area contributed by atoms with Gasteiger partial charge in [-0.3, -0.25) is 9.59 Å². The van der Waals surface area contributed by atoms with Crippen molar-refractivity contribution in [3.8, 4) is 11.5 Å². The molecule has 0 amide bonds. The van der Waals surface area contributed by atoms with Crippen LogP contribution in [-0.4, -0.2) is 45.2 Å². The molecule has 4 rings (SSSR count). The molecule has 0 aliphatic rings. The van der Waals surface area contributed by atoms with Crippen molar-refractivity contribution in [2.75, 3.05) is 13.2 Å². The lowest BCUT2D eigenvalue weighted by atomic mass is 10.1. The van der Waals surface area contributed by atoms with Crippen LogP contribution in [0, 0.1) is 0 Å². The summed E-state index contributed by atoms with van der Waals surface area (Å²) in [7, 11) is 0. The molecular formula is C31H31NO6S. The number of para-hydroxylation sites is 2. The molecule has 0 fully saturated rings. The third-order valence-electron chi connectivity index (χ3n) is 6.00. The summed E-state index contributed by atoms with van der Waals surface area (Å²) < 4.78 is 13.2. The number of rotatable bonds is 14. The van der Waals surface area contributed by atoms with Crippen molar-refractivity contribution in [3.63, 3.8) is 0 Å². The minimum Gasteiger partial charge on any atom is -0.494 e. The maximum atomic E-state index is 11.5. The first-order valence-corrected chi connectivity index (χ1v) is 13.6. The highest BCUT2D eigenvalue weighted by atomic mass is 32.2. The molecular weight excluding hydrogens is 514 g/mol. The second-order valence-corrected chi connectivity index (χ2v) is 10.4. The van der Waals surface area contributed by atoms with Crippen molar-refractivity contribution >= 4 is 46.8 Å². The van der Waals surface area contributed by atoms with E-state index >= 15 is 0 Å². The van der Waals surface area contributed by atoms with Gasteiger partial charge in [0.2, 0.25) is 0 Å². The van der Waals surface area contributed by atoms with E-state index in [4.69, 9.17) is 9.47 Å². The first-order chi connectivity index (χ1) is 18.9. The average Bonchev–Trinajstić information content (AvgIpc) is 3.27. The predicted molar refractivity (Wildman–Crippen MR) is 155 cm³/mol. The molecule has 1 atom stereocenters. The van der Waals surface area contributed by atoms with Crippen molar-refractivity contribution < 1.29 is 29.3 Å². The number of carbonyl (C=O) groups is 2. The molecule has 0 aliphatic heterocycles. The van der Waals surface area contributed by atoms with Gasteiger partial charge in [-0.2, -0.15) is 0 Å². The van der Waals surface area contributed by atoms with Gasteiger partial charge in [0.15, 0.2) is 0 Å². The molecule has 3 aromatic carbocycles. The lowest BCUT2D eigenvalue weighted by molar-refractivity contribution is -0.138. The SMILES string of the molecule is CC(Sc1cn(CC(=O)O)c2c(/C=C/c3ccc(OCCCCOc4ccccc4)cc3)cccc12)C(=O)O. The zero-order valence-corrected chi connectivity index (χ0v) is 22.5. The Balaban J connectivity index is 1.38. The molecule has 7 nitrogen and oxygen atoms in total. The average molecular weight is 546 g/mol. The van der Waals surface area contributed by atoms with Gasteiger partial charge in [0.1, 0.15) is 23.3 Å². The summed E-state index contributed by atoms with van der Waals surface area (Å²) in [6.45, 7) is 2.66. The van der Waals surface area contributed by atoms with E-state index in [0.717, 1.165) is 51.3 Å². The molecule has 39 heavy (non-hydrogen) atoms. The van der Waals surface area contributed by atoms with Gasteiger partial charge in [-0.05, 0) is 55.2 Å². The maximum absolute atomic E-state index is 11.5. The number of aliphatic carboxylic acids is 2. The summed E-state index contributed by atoms with van der Waals surface area (Å²) in [4.78, 5) is 23.6. The second-order valence-electron chi connectivity index (χ2n) is 8.98. The Bertz CT molecular complexity index is 1430. The molecule has 0 saturated heterocycles. The number of aromatic nitrogens is 1. The summed E-state index contributed by atoms with van der Waals surface area (Å²) >= 11 is 1.21. The fourth-order valence-corrected chi connectivity index (χ4v) is 5.02. The zero-order valence-electron chi connectivity index (χ0n) is 21.7. The van der Waals surface area contributed by atoms with Gasteiger partial charge < -0.3 is 24.3 Å². The molecule has 4 aromatic rings. The van der Waals surface area contributed by atoms with E-state index in [1.807, 2.05) is 84.9 Å². The predicted octanol–water partition coefficient (Wildman–Crippen LogP) is 6.70. The normalized spacial score (nSPS) is 12.0. The largest absolute Gasteiger partial charge is 0.494 e. The number of thioether (sulfide) groups is 1. The van der Waals surface area contributed by atoms with Crippen LogP contribution in [0.1, 0.15) is 30.9 Å². The smallest absolute Gasteiger partial charge is 0.323 e. The Morgan fingerprint density at radius 1 is 0.872 bits per heavy atom. The first kappa shape index (κ1) is 27.9. The van der Waals surface area contributed by atoms with Crippen LogP contribution in [0.5, 0.6) is 11.5 Å². The molecule has 0 aliphatic carbocycles. The van der Waals surface area contributed by atoms with Crippen LogP contribution in [0.15, 0.2) is 83.9 Å². The Kier molecular flexibility index (Phi) is 9.69. The third-order valence-corrected chi connectivity index (χ3v) is 7.14. The second kappa shape index (κ2) is 13.6. The van der Waals surface area contributed by atoms with Gasteiger partial charge in [-0.25, -0.2) is 0 Å². The number of benzene rings is 3. The van der Waals surface area contributed by atoms with E-state index in [2.05, 4.69) is 0 Å². The summed E-state index contributed by atoms with van der Waals surface area (Å²) in [5, 5.41) is 18.9. The number of ether oxygens (including phenoxy) is 2. The zero-order chi connectivity index (χ0) is 27.6. The van der Waals surface area contributed by atoms with Crippen LogP contribution < -0.4 is 9.47 Å². The molecule has 0 bridgehead atoms. The van der Waals surface area contributed by atoms with Crippen LogP contribution in [0.25, 0.3) is 23.1 Å². The Labute approximate surface area is 231 Å². The molecule has 202 valence electrons. The summed E-state index contributed by atoms with van der Waals surface area (Å²) in [6.07, 6.45) is 7.42. The lowest BCUT2D eigenvalue weighted by Crippen LogP contribution is -2.11. The standard InChI is InChI=1S/C31H31NO6S/c1-22(31(35)36)39-28-20-32(21-29(33)34)30-24(8-7-11-27(28)30)15-12-23-13-16-26(17-14-23)38-19-6-5-18-37-25-9-3-2-4-10-25/h2-4,7-17,20,22H,5-6,18-19,21H2,1H3,(H,33,34)(H,35,36)/b15-12+. The number of hydrogen-bond acceptors (Lipinski definition) is 5.